The van der Waals surface area contributed by atoms with Gasteiger partial charge in [-0.1, -0.05) is 32.9 Å². The van der Waals surface area contributed by atoms with Crippen LogP contribution in [0.5, 0.6) is 0 Å². The molecular weight excluding hydrogens is 491 g/mol. The van der Waals surface area contributed by atoms with Gasteiger partial charge in [0, 0.05) is 42.3 Å². The smallest absolute Gasteiger partial charge is 0.347 e. The fourth-order valence-electron chi connectivity index (χ4n) is 3.34. The van der Waals surface area contributed by atoms with E-state index >= 15 is 0 Å². The van der Waals surface area contributed by atoms with E-state index in [9.17, 15) is 18.0 Å². The first-order chi connectivity index (χ1) is 16.9. The molecule has 4 rings (SSSR count). The third-order valence-electron chi connectivity index (χ3n) is 5.15. The summed E-state index contributed by atoms with van der Waals surface area (Å²) >= 11 is 1.34. The normalized spacial score (nSPS) is 12.0. The summed E-state index contributed by atoms with van der Waals surface area (Å²) < 4.78 is 43.3. The Hall–Kier alpha value is -3.80. The molecule has 12 heteroatoms. The number of nitrogens with one attached hydrogen (secondary N) is 2. The molecule has 1 amide bonds. The molecule has 0 aliphatic carbocycles. The zero-order valence-electron chi connectivity index (χ0n) is 20.0. The van der Waals surface area contributed by atoms with E-state index in [-0.39, 0.29) is 34.7 Å². The summed E-state index contributed by atoms with van der Waals surface area (Å²) in [6.45, 7) is 5.62. The highest BCUT2D eigenvalue weighted by Gasteiger charge is 2.34. The van der Waals surface area contributed by atoms with Crippen LogP contribution in [0, 0.1) is 0 Å². The molecule has 0 bridgehead atoms. The van der Waals surface area contributed by atoms with Crippen LogP contribution in [0.15, 0.2) is 48.2 Å². The second-order valence-electron chi connectivity index (χ2n) is 9.13. The summed E-state index contributed by atoms with van der Waals surface area (Å²) in [4.78, 5) is 25.3. The lowest BCUT2D eigenvalue weighted by Crippen LogP contribution is -2.25. The standard InChI is InChI=1S/C24H24F3N7OS/c1-23(2,3)21-32-19(13-36-21)20(35)29-10-15-6-5-14(9-17(15)24(25,26)27)18-7-8-28-22(33-18)31-16-11-30-34(4)12-16/h5-9,11-13H,10H2,1-4H3,(H,29,35)(H,28,31,33). The molecule has 0 aliphatic rings. The van der Waals surface area contributed by atoms with Crippen LogP contribution in [0.3, 0.4) is 0 Å². The number of nitrogens with zero attached hydrogens (tertiary/aromatic N) is 5. The van der Waals surface area contributed by atoms with Crippen molar-refractivity contribution in [3.05, 3.63) is 70.1 Å². The van der Waals surface area contributed by atoms with Crippen LogP contribution in [-0.4, -0.2) is 30.6 Å². The van der Waals surface area contributed by atoms with Crippen LogP contribution in [0.25, 0.3) is 11.3 Å². The number of anilines is 2. The number of aromatic nitrogens is 5. The van der Waals surface area contributed by atoms with Crippen LogP contribution in [0.4, 0.5) is 24.8 Å². The van der Waals surface area contributed by atoms with E-state index in [2.05, 4.69) is 30.7 Å². The Labute approximate surface area is 209 Å². The lowest BCUT2D eigenvalue weighted by atomic mass is 9.98. The summed E-state index contributed by atoms with van der Waals surface area (Å²) in [5.41, 5.74) is 0.272. The van der Waals surface area contributed by atoms with Crippen LogP contribution >= 0.6 is 11.3 Å². The Balaban J connectivity index is 1.55. The quantitative estimate of drug-likeness (QED) is 0.361. The number of alkyl halides is 3. The molecule has 1 aromatic carbocycles. The van der Waals surface area contributed by atoms with Crippen LogP contribution in [0.1, 0.15) is 47.4 Å². The highest BCUT2D eigenvalue weighted by molar-refractivity contribution is 7.10. The van der Waals surface area contributed by atoms with E-state index < -0.39 is 17.6 Å². The van der Waals surface area contributed by atoms with E-state index in [0.717, 1.165) is 11.1 Å². The van der Waals surface area contributed by atoms with E-state index in [1.165, 1.54) is 35.7 Å². The van der Waals surface area contributed by atoms with Crippen molar-refractivity contribution in [3.63, 3.8) is 0 Å². The monoisotopic (exact) mass is 515 g/mol. The van der Waals surface area contributed by atoms with Gasteiger partial charge in [0.05, 0.1) is 28.1 Å². The number of aryl methyl sites for hydroxylation is 1. The zero-order chi connectivity index (χ0) is 26.1. The lowest BCUT2D eigenvalue weighted by Gasteiger charge is -2.15. The number of thiazole rings is 1. The fraction of sp³-hybridized carbons (Fsp3) is 0.292. The van der Waals surface area contributed by atoms with E-state index in [1.807, 2.05) is 20.8 Å². The molecule has 0 spiro atoms. The number of rotatable bonds is 6. The number of carbonyl (C=O) groups is 1. The van der Waals surface area contributed by atoms with E-state index in [1.54, 1.807) is 29.5 Å². The maximum absolute atomic E-state index is 13.9. The highest BCUT2D eigenvalue weighted by atomic mass is 32.1. The molecule has 0 atom stereocenters. The maximum atomic E-state index is 13.9. The van der Waals surface area contributed by atoms with Crippen molar-refractivity contribution in [2.75, 3.05) is 5.32 Å². The lowest BCUT2D eigenvalue weighted by molar-refractivity contribution is -0.138. The van der Waals surface area contributed by atoms with Crippen molar-refractivity contribution in [3.8, 4) is 11.3 Å². The molecule has 0 radical (unpaired) electrons. The molecule has 0 saturated heterocycles. The Morgan fingerprint density at radius 1 is 1.14 bits per heavy atom. The second kappa shape index (κ2) is 9.69. The largest absolute Gasteiger partial charge is 0.416 e. The number of amides is 1. The third-order valence-corrected chi connectivity index (χ3v) is 6.41. The van der Waals surface area contributed by atoms with Gasteiger partial charge in [-0.3, -0.25) is 9.48 Å². The van der Waals surface area contributed by atoms with Crippen LogP contribution in [0.2, 0.25) is 0 Å². The average molecular weight is 516 g/mol. The van der Waals surface area contributed by atoms with Gasteiger partial charge < -0.3 is 10.6 Å². The predicted molar refractivity (Wildman–Crippen MR) is 131 cm³/mol. The van der Waals surface area contributed by atoms with Gasteiger partial charge in [0.2, 0.25) is 5.95 Å². The Bertz CT molecular complexity index is 1390. The Morgan fingerprint density at radius 3 is 2.56 bits per heavy atom. The number of benzene rings is 1. The van der Waals surface area contributed by atoms with Gasteiger partial charge in [-0.2, -0.15) is 18.3 Å². The SMILES string of the molecule is Cn1cc(Nc2nccc(-c3ccc(CNC(=O)c4csc(C(C)(C)C)n4)c(C(F)(F)F)c3)n2)cn1. The third kappa shape index (κ3) is 5.88. The minimum Gasteiger partial charge on any atom is -0.347 e. The second-order valence-corrected chi connectivity index (χ2v) is 9.99. The number of halogens is 3. The fourth-order valence-corrected chi connectivity index (χ4v) is 4.22. The maximum Gasteiger partial charge on any atom is 0.416 e. The van der Waals surface area contributed by atoms with Crippen molar-refractivity contribution in [1.82, 2.24) is 30.0 Å². The highest BCUT2D eigenvalue weighted by Crippen LogP contribution is 2.35. The van der Waals surface area contributed by atoms with E-state index in [0.29, 0.717) is 11.4 Å². The summed E-state index contributed by atoms with van der Waals surface area (Å²) in [7, 11) is 1.76. The van der Waals surface area contributed by atoms with Crippen LogP contribution in [-0.2, 0) is 25.2 Å². The Kier molecular flexibility index (Phi) is 6.81. The van der Waals surface area contributed by atoms with Crippen molar-refractivity contribution in [2.45, 2.75) is 38.9 Å². The van der Waals surface area contributed by atoms with Gasteiger partial charge in [-0.25, -0.2) is 15.0 Å². The molecule has 3 aromatic heterocycles. The van der Waals surface area contributed by atoms with Gasteiger partial charge >= 0.3 is 6.18 Å². The predicted octanol–water partition coefficient (Wildman–Crippen LogP) is 5.32. The van der Waals surface area contributed by atoms with Gasteiger partial charge in [0.15, 0.2) is 0 Å². The molecule has 0 aliphatic heterocycles. The van der Waals surface area contributed by atoms with Crippen molar-refractivity contribution >= 4 is 28.9 Å². The molecule has 36 heavy (non-hydrogen) atoms. The molecule has 4 aromatic rings. The van der Waals surface area contributed by atoms with E-state index in [4.69, 9.17) is 0 Å². The molecule has 0 fully saturated rings. The first kappa shape index (κ1) is 25.3. The van der Waals surface area contributed by atoms with Crippen LogP contribution < -0.4 is 10.6 Å². The van der Waals surface area contributed by atoms with Crippen molar-refractivity contribution in [1.29, 1.82) is 0 Å². The first-order valence-electron chi connectivity index (χ1n) is 10.9. The van der Waals surface area contributed by atoms with Crippen molar-refractivity contribution in [2.24, 2.45) is 7.05 Å². The Morgan fingerprint density at radius 2 is 1.92 bits per heavy atom. The zero-order valence-corrected chi connectivity index (χ0v) is 20.8. The van der Waals surface area contributed by atoms with Gasteiger partial charge in [-0.15, -0.1) is 11.3 Å². The summed E-state index contributed by atoms with van der Waals surface area (Å²) in [6.07, 6.45) is 0.134. The van der Waals surface area contributed by atoms with Gasteiger partial charge in [0.1, 0.15) is 5.69 Å². The number of hydrogen-bond acceptors (Lipinski definition) is 7. The molecule has 3 heterocycles. The topological polar surface area (TPSA) is 97.6 Å². The average Bonchev–Trinajstić information content (AvgIpc) is 3.46. The summed E-state index contributed by atoms with van der Waals surface area (Å²) in [5, 5.41) is 11.9. The van der Waals surface area contributed by atoms with Gasteiger partial charge in [-0.05, 0) is 17.7 Å². The minimum absolute atomic E-state index is 0.0614. The first-order valence-corrected chi connectivity index (χ1v) is 11.8. The molecule has 0 saturated carbocycles. The summed E-state index contributed by atoms with van der Waals surface area (Å²) in [6, 6.07) is 5.43. The number of hydrogen-bond donors (Lipinski definition) is 2. The summed E-state index contributed by atoms with van der Waals surface area (Å²) in [5.74, 6) is -0.302. The van der Waals surface area contributed by atoms with Crippen molar-refractivity contribution < 1.29 is 18.0 Å². The van der Waals surface area contributed by atoms with Gasteiger partial charge in [0.25, 0.3) is 5.91 Å². The molecule has 188 valence electrons. The molecule has 8 nitrogen and oxygen atoms in total. The molecular formula is C24H24F3N7OS. The molecule has 2 N–H and O–H groups in total. The minimum atomic E-state index is -4.63. The number of carbonyl (C=O) groups excluding carboxylic acids is 1. The molecule has 0 unspecified atom stereocenters.